The minimum absolute atomic E-state index is 0.193. The molecule has 1 saturated heterocycles. The van der Waals surface area contributed by atoms with Crippen molar-refractivity contribution in [1.82, 2.24) is 10.2 Å². The highest BCUT2D eigenvalue weighted by Crippen LogP contribution is 2.10. The maximum absolute atomic E-state index is 9.82. The molecule has 0 aromatic rings. The van der Waals surface area contributed by atoms with Gasteiger partial charge in [-0.3, -0.25) is 0 Å². The molecule has 1 aliphatic rings. The van der Waals surface area contributed by atoms with Gasteiger partial charge >= 0.3 is 0 Å². The second-order valence-electron chi connectivity index (χ2n) is 4.96. The van der Waals surface area contributed by atoms with E-state index in [0.717, 1.165) is 13.1 Å². The van der Waals surface area contributed by atoms with Crippen LogP contribution in [0.3, 0.4) is 0 Å². The number of ether oxygens (including phenoxy) is 1. The smallest absolute Gasteiger partial charge is 0.0900 e. The van der Waals surface area contributed by atoms with Crippen molar-refractivity contribution in [2.24, 2.45) is 0 Å². The fourth-order valence-corrected chi connectivity index (χ4v) is 2.09. The molecule has 0 bridgehead atoms. The van der Waals surface area contributed by atoms with Crippen molar-refractivity contribution in [2.45, 2.75) is 44.9 Å². The monoisotopic (exact) mass is 230 g/mol. The number of aliphatic hydroxyl groups excluding tert-OH is 1. The molecule has 1 fully saturated rings. The van der Waals surface area contributed by atoms with Gasteiger partial charge in [-0.1, -0.05) is 0 Å². The number of hydrogen-bond donors (Lipinski definition) is 2. The molecule has 4 heteroatoms. The highest BCUT2D eigenvalue weighted by Gasteiger charge is 2.19. The van der Waals surface area contributed by atoms with E-state index in [2.05, 4.69) is 17.3 Å². The van der Waals surface area contributed by atoms with E-state index in [4.69, 9.17) is 4.74 Å². The molecule has 1 aliphatic heterocycles. The Hall–Kier alpha value is -0.160. The minimum atomic E-state index is -0.373. The van der Waals surface area contributed by atoms with Crippen LogP contribution in [0.15, 0.2) is 0 Å². The first kappa shape index (κ1) is 13.9. The van der Waals surface area contributed by atoms with Crippen LogP contribution in [-0.2, 0) is 4.74 Å². The molecule has 4 nitrogen and oxygen atoms in total. The Kier molecular flexibility index (Phi) is 6.28. The number of hydrogen-bond acceptors (Lipinski definition) is 4. The lowest BCUT2D eigenvalue weighted by molar-refractivity contribution is -0.0117. The molecule has 0 amide bonds. The largest absolute Gasteiger partial charge is 0.389 e. The average Bonchev–Trinajstić information content (AvgIpc) is 2.27. The van der Waals surface area contributed by atoms with Crippen molar-refractivity contribution in [2.75, 3.05) is 33.3 Å². The zero-order valence-corrected chi connectivity index (χ0v) is 10.8. The standard InChI is InChI=1S/C12H26N2O2/c1-10(2)16-9-12(15)8-14(3)11-4-6-13-7-5-11/h10-13,15H,4-9H2,1-3H3. The molecule has 0 saturated carbocycles. The number of rotatable bonds is 6. The molecule has 0 radical (unpaired) electrons. The van der Waals surface area contributed by atoms with Crippen LogP contribution in [0, 0.1) is 0 Å². The van der Waals surface area contributed by atoms with Gasteiger partial charge in [0.15, 0.2) is 0 Å². The minimum Gasteiger partial charge on any atom is -0.389 e. The fraction of sp³-hybridized carbons (Fsp3) is 1.00. The van der Waals surface area contributed by atoms with Gasteiger partial charge in [0.1, 0.15) is 0 Å². The Bertz CT molecular complexity index is 182. The first-order chi connectivity index (χ1) is 7.59. The lowest BCUT2D eigenvalue weighted by Crippen LogP contribution is -2.44. The third-order valence-corrected chi connectivity index (χ3v) is 3.05. The molecule has 0 spiro atoms. The average molecular weight is 230 g/mol. The van der Waals surface area contributed by atoms with Crippen LogP contribution in [0.2, 0.25) is 0 Å². The SMILES string of the molecule is CC(C)OCC(O)CN(C)C1CCNCC1. The normalized spacial score (nSPS) is 20.6. The molecule has 1 unspecified atom stereocenters. The van der Waals surface area contributed by atoms with Crippen molar-refractivity contribution in [3.05, 3.63) is 0 Å². The Morgan fingerprint density at radius 3 is 2.56 bits per heavy atom. The number of likely N-dealkylation sites (N-methyl/N-ethyl adjacent to an activating group) is 1. The Balaban J connectivity index is 2.18. The van der Waals surface area contributed by atoms with Crippen molar-refractivity contribution in [3.8, 4) is 0 Å². The third-order valence-electron chi connectivity index (χ3n) is 3.05. The summed E-state index contributed by atoms with van der Waals surface area (Å²) in [4.78, 5) is 2.26. The van der Waals surface area contributed by atoms with Gasteiger partial charge in [-0.15, -0.1) is 0 Å². The molecule has 1 heterocycles. The summed E-state index contributed by atoms with van der Waals surface area (Å²) in [5, 5.41) is 13.2. The van der Waals surface area contributed by atoms with Gasteiger partial charge in [0, 0.05) is 12.6 Å². The number of aliphatic hydroxyl groups is 1. The van der Waals surface area contributed by atoms with Gasteiger partial charge in [0.05, 0.1) is 18.8 Å². The van der Waals surface area contributed by atoms with Crippen molar-refractivity contribution in [1.29, 1.82) is 0 Å². The van der Waals surface area contributed by atoms with Crippen LogP contribution in [0.4, 0.5) is 0 Å². The molecule has 1 rings (SSSR count). The molecule has 2 N–H and O–H groups in total. The lowest BCUT2D eigenvalue weighted by atomic mass is 10.1. The summed E-state index contributed by atoms with van der Waals surface area (Å²) in [5.41, 5.74) is 0. The van der Waals surface area contributed by atoms with Crippen molar-refractivity contribution >= 4 is 0 Å². The first-order valence-corrected chi connectivity index (χ1v) is 6.30. The predicted octanol–water partition coefficient (Wildman–Crippen LogP) is 0.456. The second-order valence-corrected chi connectivity index (χ2v) is 4.96. The summed E-state index contributed by atoms with van der Waals surface area (Å²) in [5.74, 6) is 0. The first-order valence-electron chi connectivity index (χ1n) is 6.30. The summed E-state index contributed by atoms with van der Waals surface area (Å²) >= 11 is 0. The van der Waals surface area contributed by atoms with E-state index in [-0.39, 0.29) is 12.2 Å². The van der Waals surface area contributed by atoms with Crippen molar-refractivity contribution in [3.63, 3.8) is 0 Å². The summed E-state index contributed by atoms with van der Waals surface area (Å²) in [6.07, 6.45) is 2.17. The van der Waals surface area contributed by atoms with Gasteiger partial charge in [-0.25, -0.2) is 0 Å². The molecule has 0 aliphatic carbocycles. The molecule has 96 valence electrons. The van der Waals surface area contributed by atoms with Crippen LogP contribution < -0.4 is 5.32 Å². The lowest BCUT2D eigenvalue weighted by Gasteiger charge is -2.32. The van der Waals surface area contributed by atoms with E-state index in [0.29, 0.717) is 19.2 Å². The number of piperidine rings is 1. The maximum atomic E-state index is 9.82. The van der Waals surface area contributed by atoms with E-state index in [9.17, 15) is 5.11 Å². The third kappa shape index (κ3) is 5.25. The van der Waals surface area contributed by atoms with Crippen LogP contribution >= 0.6 is 0 Å². The van der Waals surface area contributed by atoms with E-state index < -0.39 is 0 Å². The van der Waals surface area contributed by atoms with Gasteiger partial charge in [0.25, 0.3) is 0 Å². The van der Waals surface area contributed by atoms with E-state index in [1.807, 2.05) is 13.8 Å². The van der Waals surface area contributed by atoms with E-state index in [1.165, 1.54) is 12.8 Å². The maximum Gasteiger partial charge on any atom is 0.0900 e. The predicted molar refractivity (Wildman–Crippen MR) is 65.6 cm³/mol. The Morgan fingerprint density at radius 1 is 1.38 bits per heavy atom. The number of nitrogens with one attached hydrogen (secondary N) is 1. The van der Waals surface area contributed by atoms with Gasteiger partial charge < -0.3 is 20.1 Å². The quantitative estimate of drug-likeness (QED) is 0.696. The summed E-state index contributed by atoms with van der Waals surface area (Å²) in [6.45, 7) is 7.30. The molecule has 16 heavy (non-hydrogen) atoms. The van der Waals surface area contributed by atoms with E-state index >= 15 is 0 Å². The summed E-state index contributed by atoms with van der Waals surface area (Å²) < 4.78 is 5.40. The molecular formula is C12H26N2O2. The summed E-state index contributed by atoms with van der Waals surface area (Å²) in [6, 6.07) is 0.606. The van der Waals surface area contributed by atoms with E-state index in [1.54, 1.807) is 0 Å². The fourth-order valence-electron chi connectivity index (χ4n) is 2.09. The molecule has 0 aromatic heterocycles. The molecule has 0 aromatic carbocycles. The zero-order valence-electron chi connectivity index (χ0n) is 10.8. The Morgan fingerprint density at radius 2 is 2.00 bits per heavy atom. The highest BCUT2D eigenvalue weighted by molar-refractivity contribution is 4.77. The highest BCUT2D eigenvalue weighted by atomic mass is 16.5. The topological polar surface area (TPSA) is 44.7 Å². The number of nitrogens with zero attached hydrogens (tertiary/aromatic N) is 1. The summed E-state index contributed by atoms with van der Waals surface area (Å²) in [7, 11) is 2.09. The van der Waals surface area contributed by atoms with Crippen LogP contribution in [-0.4, -0.2) is 61.5 Å². The molecule has 1 atom stereocenters. The zero-order chi connectivity index (χ0) is 12.0. The Labute approximate surface area is 99.0 Å². The van der Waals surface area contributed by atoms with Gasteiger partial charge in [-0.2, -0.15) is 0 Å². The molecular weight excluding hydrogens is 204 g/mol. The van der Waals surface area contributed by atoms with Crippen LogP contribution in [0.5, 0.6) is 0 Å². The second kappa shape index (κ2) is 7.22. The van der Waals surface area contributed by atoms with Gasteiger partial charge in [0.2, 0.25) is 0 Å². The van der Waals surface area contributed by atoms with Crippen LogP contribution in [0.1, 0.15) is 26.7 Å². The van der Waals surface area contributed by atoms with Gasteiger partial charge in [-0.05, 0) is 46.8 Å². The van der Waals surface area contributed by atoms with Crippen molar-refractivity contribution < 1.29 is 9.84 Å². The van der Waals surface area contributed by atoms with Crippen LogP contribution in [0.25, 0.3) is 0 Å².